The minimum Gasteiger partial charge on any atom is -0.464 e. The monoisotopic (exact) mass is 331 g/mol. The van der Waals surface area contributed by atoms with Crippen LogP contribution in [0.25, 0.3) is 0 Å². The zero-order valence-electron chi connectivity index (χ0n) is 14.3. The van der Waals surface area contributed by atoms with E-state index in [1.807, 2.05) is 12.1 Å². The van der Waals surface area contributed by atoms with Crippen molar-refractivity contribution >= 4 is 5.97 Å². The molecule has 1 aliphatic rings. The van der Waals surface area contributed by atoms with E-state index in [1.165, 1.54) is 35.1 Å². The highest BCUT2D eigenvalue weighted by atomic mass is 16.5. The minimum atomic E-state index is -0.300. The quantitative estimate of drug-likeness (QED) is 0.717. The van der Waals surface area contributed by atoms with Gasteiger partial charge in [0.25, 0.3) is 0 Å². The molecule has 3 aromatic rings. The maximum absolute atomic E-state index is 11.7. The lowest BCUT2D eigenvalue weighted by Crippen LogP contribution is -2.02. The molecule has 0 saturated carbocycles. The van der Waals surface area contributed by atoms with Gasteiger partial charge in [0.15, 0.2) is 0 Å². The molecule has 0 amide bonds. The molecule has 1 heterocycles. The summed E-state index contributed by atoms with van der Waals surface area (Å²) in [5.41, 5.74) is 6.91. The lowest BCUT2D eigenvalue weighted by molar-refractivity contribution is 0.0594. The van der Waals surface area contributed by atoms with E-state index in [-0.39, 0.29) is 5.97 Å². The van der Waals surface area contributed by atoms with Gasteiger partial charge in [-0.05, 0) is 47.6 Å². The van der Waals surface area contributed by atoms with Crippen LogP contribution in [0.2, 0.25) is 0 Å². The van der Waals surface area contributed by atoms with Crippen molar-refractivity contribution in [1.29, 1.82) is 0 Å². The summed E-state index contributed by atoms with van der Waals surface area (Å²) in [4.78, 5) is 14.9. The lowest BCUT2D eigenvalue weighted by Gasteiger charge is -2.11. The van der Waals surface area contributed by atoms with Crippen LogP contribution in [0.4, 0.5) is 0 Å². The molecular formula is C22H21NO2. The average molecular weight is 331 g/mol. The summed E-state index contributed by atoms with van der Waals surface area (Å²) in [6, 6.07) is 21.4. The van der Waals surface area contributed by atoms with Crippen molar-refractivity contribution in [1.82, 2.24) is 4.98 Å². The van der Waals surface area contributed by atoms with E-state index in [0.29, 0.717) is 11.6 Å². The number of esters is 1. The van der Waals surface area contributed by atoms with Gasteiger partial charge in [-0.25, -0.2) is 4.79 Å². The van der Waals surface area contributed by atoms with Crippen LogP contribution in [0.15, 0.2) is 60.7 Å². The summed E-state index contributed by atoms with van der Waals surface area (Å²) in [5.74, 6) is 0.0572. The molecule has 0 fully saturated rings. The maximum Gasteiger partial charge on any atom is 0.354 e. The third-order valence-corrected chi connectivity index (χ3v) is 5.03. The standard InChI is InChI=1S/C22H21NO2/c1-25-22(24)21-14-19-18(11-12-20(19)23-21)17-9-7-16(8-10-17)13-15-5-3-2-4-6-15/h2-10,14,18,23H,11-13H2,1H3. The molecule has 1 atom stereocenters. The number of ether oxygens (including phenoxy) is 1. The smallest absolute Gasteiger partial charge is 0.354 e. The maximum atomic E-state index is 11.7. The van der Waals surface area contributed by atoms with Crippen molar-refractivity contribution in [3.63, 3.8) is 0 Å². The molecule has 0 bridgehead atoms. The molecule has 126 valence electrons. The minimum absolute atomic E-state index is 0.300. The largest absolute Gasteiger partial charge is 0.464 e. The fourth-order valence-corrected chi connectivity index (χ4v) is 3.74. The Hall–Kier alpha value is -2.81. The van der Waals surface area contributed by atoms with Crippen molar-refractivity contribution < 1.29 is 9.53 Å². The number of H-pyrrole nitrogens is 1. The van der Waals surface area contributed by atoms with E-state index in [1.54, 1.807) is 0 Å². The van der Waals surface area contributed by atoms with Gasteiger partial charge in [0, 0.05) is 11.6 Å². The first-order valence-corrected chi connectivity index (χ1v) is 8.67. The van der Waals surface area contributed by atoms with Gasteiger partial charge in [-0.3, -0.25) is 0 Å². The molecule has 0 saturated heterocycles. The second-order valence-corrected chi connectivity index (χ2v) is 6.60. The van der Waals surface area contributed by atoms with Crippen molar-refractivity contribution in [2.75, 3.05) is 7.11 Å². The van der Waals surface area contributed by atoms with E-state index < -0.39 is 0 Å². The Balaban J connectivity index is 1.54. The number of hydrogen-bond acceptors (Lipinski definition) is 2. The van der Waals surface area contributed by atoms with Crippen LogP contribution in [-0.4, -0.2) is 18.1 Å². The van der Waals surface area contributed by atoms with E-state index >= 15 is 0 Å². The molecular weight excluding hydrogens is 310 g/mol. The van der Waals surface area contributed by atoms with Crippen LogP contribution >= 0.6 is 0 Å². The second-order valence-electron chi connectivity index (χ2n) is 6.60. The van der Waals surface area contributed by atoms with E-state index in [4.69, 9.17) is 4.74 Å². The number of fused-ring (bicyclic) bond motifs is 1. The Morgan fingerprint density at radius 2 is 1.80 bits per heavy atom. The number of nitrogens with one attached hydrogen (secondary N) is 1. The number of methoxy groups -OCH3 is 1. The van der Waals surface area contributed by atoms with Crippen molar-refractivity contribution in [2.24, 2.45) is 0 Å². The average Bonchev–Trinajstić information content (AvgIpc) is 3.23. The van der Waals surface area contributed by atoms with Crippen molar-refractivity contribution in [3.8, 4) is 0 Å². The number of rotatable bonds is 4. The van der Waals surface area contributed by atoms with Crippen molar-refractivity contribution in [3.05, 3.63) is 94.3 Å². The van der Waals surface area contributed by atoms with Crippen LogP contribution in [0.3, 0.4) is 0 Å². The Morgan fingerprint density at radius 3 is 2.52 bits per heavy atom. The van der Waals surface area contributed by atoms with Gasteiger partial charge >= 0.3 is 5.97 Å². The highest BCUT2D eigenvalue weighted by molar-refractivity contribution is 5.88. The lowest BCUT2D eigenvalue weighted by atomic mass is 9.92. The Morgan fingerprint density at radius 1 is 1.08 bits per heavy atom. The molecule has 0 radical (unpaired) electrons. The molecule has 1 aromatic heterocycles. The number of aryl methyl sites for hydroxylation is 1. The molecule has 4 rings (SSSR count). The number of carbonyl (C=O) groups excluding carboxylic acids is 1. The molecule has 1 N–H and O–H groups in total. The number of carbonyl (C=O) groups is 1. The molecule has 3 heteroatoms. The number of benzene rings is 2. The summed E-state index contributed by atoms with van der Waals surface area (Å²) >= 11 is 0. The van der Waals surface area contributed by atoms with Gasteiger partial charge in [-0.1, -0.05) is 54.6 Å². The first kappa shape index (κ1) is 15.7. The first-order chi connectivity index (χ1) is 12.2. The summed E-state index contributed by atoms with van der Waals surface area (Å²) in [6.07, 6.45) is 3.01. The van der Waals surface area contributed by atoms with E-state index in [2.05, 4.69) is 53.5 Å². The SMILES string of the molecule is COC(=O)c1cc2c([nH]1)CCC2c1ccc(Cc2ccccc2)cc1. The molecule has 0 spiro atoms. The Labute approximate surface area is 147 Å². The summed E-state index contributed by atoms with van der Waals surface area (Å²) in [5, 5.41) is 0. The van der Waals surface area contributed by atoms with Crippen LogP contribution in [-0.2, 0) is 17.6 Å². The fraction of sp³-hybridized carbons (Fsp3) is 0.227. The highest BCUT2D eigenvalue weighted by Crippen LogP contribution is 2.38. The first-order valence-electron chi connectivity index (χ1n) is 8.67. The van der Waals surface area contributed by atoms with Crippen LogP contribution < -0.4 is 0 Å². The van der Waals surface area contributed by atoms with E-state index in [0.717, 1.165) is 19.3 Å². The molecule has 3 nitrogen and oxygen atoms in total. The molecule has 2 aromatic carbocycles. The van der Waals surface area contributed by atoms with Gasteiger partial charge in [0.05, 0.1) is 7.11 Å². The van der Waals surface area contributed by atoms with Gasteiger partial charge in [-0.15, -0.1) is 0 Å². The molecule has 1 unspecified atom stereocenters. The number of aromatic nitrogens is 1. The Bertz CT molecular complexity index is 878. The van der Waals surface area contributed by atoms with Crippen LogP contribution in [0.5, 0.6) is 0 Å². The second kappa shape index (κ2) is 6.60. The van der Waals surface area contributed by atoms with Gasteiger partial charge in [0.1, 0.15) is 5.69 Å². The fourth-order valence-electron chi connectivity index (χ4n) is 3.74. The predicted octanol–water partition coefficient (Wildman–Crippen LogP) is 4.47. The summed E-state index contributed by atoms with van der Waals surface area (Å²) < 4.78 is 4.82. The summed E-state index contributed by atoms with van der Waals surface area (Å²) in [7, 11) is 1.41. The van der Waals surface area contributed by atoms with E-state index in [9.17, 15) is 4.79 Å². The molecule has 1 aliphatic carbocycles. The topological polar surface area (TPSA) is 42.1 Å². The third kappa shape index (κ3) is 3.10. The zero-order valence-corrected chi connectivity index (χ0v) is 14.3. The molecule has 25 heavy (non-hydrogen) atoms. The van der Waals surface area contributed by atoms with Gasteiger partial charge in [-0.2, -0.15) is 0 Å². The Kier molecular flexibility index (Phi) is 4.14. The van der Waals surface area contributed by atoms with Gasteiger partial charge < -0.3 is 9.72 Å². The highest BCUT2D eigenvalue weighted by Gasteiger charge is 2.27. The van der Waals surface area contributed by atoms with Gasteiger partial charge in [0.2, 0.25) is 0 Å². The number of aromatic amines is 1. The van der Waals surface area contributed by atoms with Crippen LogP contribution in [0, 0.1) is 0 Å². The third-order valence-electron chi connectivity index (χ3n) is 5.03. The molecule has 0 aliphatic heterocycles. The zero-order chi connectivity index (χ0) is 17.2. The number of hydrogen-bond donors (Lipinski definition) is 1. The van der Waals surface area contributed by atoms with Crippen LogP contribution in [0.1, 0.15) is 50.8 Å². The van der Waals surface area contributed by atoms with Crippen molar-refractivity contribution in [2.45, 2.75) is 25.2 Å². The predicted molar refractivity (Wildman–Crippen MR) is 98.0 cm³/mol. The normalized spacial score (nSPS) is 15.8. The summed E-state index contributed by atoms with van der Waals surface area (Å²) in [6.45, 7) is 0.